The second-order valence-electron chi connectivity index (χ2n) is 5.19. The van der Waals surface area contributed by atoms with Gasteiger partial charge >= 0.3 is 0 Å². The van der Waals surface area contributed by atoms with Crippen LogP contribution in [0.1, 0.15) is 12.5 Å². The minimum atomic E-state index is 0.663. The van der Waals surface area contributed by atoms with Crippen molar-refractivity contribution in [3.05, 3.63) is 68.7 Å². The SMILES string of the molecule is CCOc1ccc(C=Nn2c(-c3ccc(Br)cc3)csc2=NC)cc1. The zero-order chi connectivity index (χ0) is 17.6. The van der Waals surface area contributed by atoms with E-state index < -0.39 is 0 Å². The zero-order valence-corrected chi connectivity index (χ0v) is 16.4. The molecule has 0 saturated carbocycles. The van der Waals surface area contributed by atoms with Crippen molar-refractivity contribution in [2.75, 3.05) is 13.7 Å². The number of ether oxygens (including phenoxy) is 1. The first-order valence-electron chi connectivity index (χ1n) is 7.88. The van der Waals surface area contributed by atoms with Crippen LogP contribution in [0.3, 0.4) is 0 Å². The lowest BCUT2D eigenvalue weighted by Gasteiger charge is -2.04. The molecule has 0 amide bonds. The summed E-state index contributed by atoms with van der Waals surface area (Å²) in [5, 5.41) is 6.71. The highest BCUT2D eigenvalue weighted by Crippen LogP contribution is 2.22. The summed E-state index contributed by atoms with van der Waals surface area (Å²) in [6, 6.07) is 16.1. The topological polar surface area (TPSA) is 38.9 Å². The van der Waals surface area contributed by atoms with E-state index in [2.05, 4.69) is 43.5 Å². The number of hydrogen-bond acceptors (Lipinski definition) is 4. The van der Waals surface area contributed by atoms with Gasteiger partial charge < -0.3 is 4.74 Å². The number of halogens is 1. The van der Waals surface area contributed by atoms with Gasteiger partial charge in [0.15, 0.2) is 0 Å². The summed E-state index contributed by atoms with van der Waals surface area (Å²) < 4.78 is 8.39. The Labute approximate surface area is 159 Å². The third-order valence-electron chi connectivity index (χ3n) is 3.53. The number of hydrogen-bond donors (Lipinski definition) is 0. The number of thiazole rings is 1. The van der Waals surface area contributed by atoms with Gasteiger partial charge in [0.05, 0.1) is 18.5 Å². The third kappa shape index (κ3) is 4.27. The molecule has 1 aromatic heterocycles. The molecular weight excluding hydrogens is 398 g/mol. The number of rotatable bonds is 5. The highest BCUT2D eigenvalue weighted by molar-refractivity contribution is 9.10. The molecule has 0 aliphatic rings. The van der Waals surface area contributed by atoms with Crippen molar-refractivity contribution in [3.63, 3.8) is 0 Å². The van der Waals surface area contributed by atoms with Crippen LogP contribution in [-0.4, -0.2) is 24.5 Å². The van der Waals surface area contributed by atoms with Crippen LogP contribution in [0.5, 0.6) is 5.75 Å². The molecule has 0 aliphatic heterocycles. The molecule has 6 heteroatoms. The second-order valence-corrected chi connectivity index (χ2v) is 6.94. The van der Waals surface area contributed by atoms with Crippen LogP contribution in [0, 0.1) is 0 Å². The molecule has 0 radical (unpaired) electrons. The van der Waals surface area contributed by atoms with E-state index in [0.717, 1.165) is 31.8 Å². The average Bonchev–Trinajstić information content (AvgIpc) is 3.05. The maximum Gasteiger partial charge on any atom is 0.205 e. The fourth-order valence-electron chi connectivity index (χ4n) is 2.32. The van der Waals surface area contributed by atoms with Gasteiger partial charge in [0.1, 0.15) is 5.75 Å². The number of aromatic nitrogens is 1. The normalized spacial score (nSPS) is 12.0. The standard InChI is InChI=1S/C19H18BrN3OS/c1-3-24-17-10-4-14(5-11-17)12-22-23-18(13-25-19(23)21-2)15-6-8-16(20)9-7-15/h4-13H,3H2,1-2H3. The van der Waals surface area contributed by atoms with Gasteiger partial charge in [-0.2, -0.15) is 5.10 Å². The summed E-state index contributed by atoms with van der Waals surface area (Å²) in [6.07, 6.45) is 1.83. The Morgan fingerprint density at radius 1 is 1.12 bits per heavy atom. The number of benzene rings is 2. The predicted octanol–water partition coefficient (Wildman–Crippen LogP) is 4.79. The maximum absolute atomic E-state index is 5.47. The van der Waals surface area contributed by atoms with Crippen LogP contribution in [-0.2, 0) is 0 Å². The van der Waals surface area contributed by atoms with Gasteiger partial charge in [0.25, 0.3) is 0 Å². The van der Waals surface area contributed by atoms with E-state index >= 15 is 0 Å². The van der Waals surface area contributed by atoms with E-state index in [1.165, 1.54) is 0 Å². The second kappa shape index (κ2) is 8.27. The fraction of sp³-hybridized carbons (Fsp3) is 0.158. The summed E-state index contributed by atoms with van der Waals surface area (Å²) in [5.74, 6) is 0.864. The summed E-state index contributed by atoms with van der Waals surface area (Å²) in [4.78, 5) is 5.17. The molecule has 0 saturated heterocycles. The first kappa shape index (κ1) is 17.6. The predicted molar refractivity (Wildman–Crippen MR) is 108 cm³/mol. The van der Waals surface area contributed by atoms with Crippen molar-refractivity contribution in [1.82, 2.24) is 4.68 Å². The van der Waals surface area contributed by atoms with Crippen LogP contribution in [0.15, 0.2) is 68.5 Å². The average molecular weight is 416 g/mol. The van der Waals surface area contributed by atoms with Crippen molar-refractivity contribution < 1.29 is 4.74 Å². The monoisotopic (exact) mass is 415 g/mol. The Hall–Kier alpha value is -2.18. The van der Waals surface area contributed by atoms with Gasteiger partial charge in [-0.15, -0.1) is 11.3 Å². The van der Waals surface area contributed by atoms with E-state index in [1.807, 2.05) is 54.2 Å². The summed E-state index contributed by atoms with van der Waals surface area (Å²) in [7, 11) is 1.78. The summed E-state index contributed by atoms with van der Waals surface area (Å²) in [5.41, 5.74) is 3.12. The summed E-state index contributed by atoms with van der Waals surface area (Å²) in [6.45, 7) is 2.64. The van der Waals surface area contributed by atoms with Crippen LogP contribution >= 0.6 is 27.3 Å². The van der Waals surface area contributed by atoms with E-state index in [0.29, 0.717) is 6.61 Å². The lowest BCUT2D eigenvalue weighted by Crippen LogP contribution is -2.11. The maximum atomic E-state index is 5.47. The first-order valence-corrected chi connectivity index (χ1v) is 9.55. The molecule has 0 unspecified atom stereocenters. The molecule has 2 aromatic carbocycles. The molecular formula is C19H18BrN3OS. The molecule has 25 heavy (non-hydrogen) atoms. The Morgan fingerprint density at radius 3 is 2.48 bits per heavy atom. The third-order valence-corrected chi connectivity index (χ3v) is 4.97. The molecule has 0 N–H and O–H groups in total. The van der Waals surface area contributed by atoms with Gasteiger partial charge in [0.2, 0.25) is 4.80 Å². The van der Waals surface area contributed by atoms with Gasteiger partial charge in [0, 0.05) is 22.5 Å². The Bertz CT molecular complexity index is 925. The smallest absolute Gasteiger partial charge is 0.205 e. The first-order chi connectivity index (χ1) is 12.2. The lowest BCUT2D eigenvalue weighted by molar-refractivity contribution is 0.340. The molecule has 0 spiro atoms. The molecule has 128 valence electrons. The fourth-order valence-corrected chi connectivity index (χ4v) is 3.39. The quantitative estimate of drug-likeness (QED) is 0.552. The van der Waals surface area contributed by atoms with Gasteiger partial charge in [-0.25, -0.2) is 4.68 Å². The van der Waals surface area contributed by atoms with Crippen LogP contribution in [0.4, 0.5) is 0 Å². The number of nitrogens with zero attached hydrogens (tertiary/aromatic N) is 3. The summed E-state index contributed by atoms with van der Waals surface area (Å²) >= 11 is 5.04. The van der Waals surface area contributed by atoms with Gasteiger partial charge in [-0.05, 0) is 48.9 Å². The van der Waals surface area contributed by atoms with Crippen molar-refractivity contribution in [1.29, 1.82) is 0 Å². The Kier molecular flexibility index (Phi) is 5.83. The highest BCUT2D eigenvalue weighted by atomic mass is 79.9. The minimum Gasteiger partial charge on any atom is -0.494 e. The Balaban J connectivity index is 1.93. The molecule has 4 nitrogen and oxygen atoms in total. The van der Waals surface area contributed by atoms with Gasteiger partial charge in [-0.3, -0.25) is 4.99 Å². The van der Waals surface area contributed by atoms with Crippen LogP contribution in [0.2, 0.25) is 0 Å². The molecule has 1 heterocycles. The van der Waals surface area contributed by atoms with Gasteiger partial charge in [-0.1, -0.05) is 28.1 Å². The van der Waals surface area contributed by atoms with Crippen LogP contribution < -0.4 is 9.54 Å². The van der Waals surface area contributed by atoms with Crippen molar-refractivity contribution in [2.24, 2.45) is 10.1 Å². The van der Waals surface area contributed by atoms with Crippen molar-refractivity contribution in [2.45, 2.75) is 6.92 Å². The van der Waals surface area contributed by atoms with E-state index in [1.54, 1.807) is 18.4 Å². The molecule has 0 atom stereocenters. The largest absolute Gasteiger partial charge is 0.494 e. The van der Waals surface area contributed by atoms with Crippen molar-refractivity contribution >= 4 is 33.5 Å². The van der Waals surface area contributed by atoms with Crippen molar-refractivity contribution in [3.8, 4) is 17.0 Å². The zero-order valence-electron chi connectivity index (χ0n) is 14.0. The highest BCUT2D eigenvalue weighted by Gasteiger charge is 2.07. The molecule has 0 bridgehead atoms. The molecule has 0 fully saturated rings. The van der Waals surface area contributed by atoms with Crippen LogP contribution in [0.25, 0.3) is 11.3 Å². The molecule has 3 rings (SSSR count). The van der Waals surface area contributed by atoms with E-state index in [-0.39, 0.29) is 0 Å². The Morgan fingerprint density at radius 2 is 1.84 bits per heavy atom. The van der Waals surface area contributed by atoms with E-state index in [4.69, 9.17) is 4.74 Å². The molecule has 3 aromatic rings. The minimum absolute atomic E-state index is 0.663. The van der Waals surface area contributed by atoms with E-state index in [9.17, 15) is 0 Å². The molecule has 0 aliphatic carbocycles. The lowest BCUT2D eigenvalue weighted by atomic mass is 10.2.